The summed E-state index contributed by atoms with van der Waals surface area (Å²) in [5.74, 6) is 0.879. The zero-order valence-corrected chi connectivity index (χ0v) is 10.9. The first kappa shape index (κ1) is 11.7. The maximum atomic E-state index is 4.19. The van der Waals surface area contributed by atoms with Crippen molar-refractivity contribution in [2.45, 2.75) is 13.5 Å². The lowest BCUT2D eigenvalue weighted by Gasteiger charge is -2.08. The van der Waals surface area contributed by atoms with Gasteiger partial charge in [-0.15, -0.1) is 0 Å². The molecule has 0 spiro atoms. The second-order valence-corrected chi connectivity index (χ2v) is 4.54. The lowest BCUT2D eigenvalue weighted by Crippen LogP contribution is -2.10. The minimum Gasteiger partial charge on any atom is -0.368 e. The number of hydrogen-bond donors (Lipinski definition) is 1. The van der Waals surface area contributed by atoms with Crippen LogP contribution in [0.4, 0.5) is 5.82 Å². The van der Waals surface area contributed by atoms with Crippen LogP contribution in [0.15, 0.2) is 48.9 Å². The maximum absolute atomic E-state index is 4.19. The Morgan fingerprint density at radius 3 is 2.95 bits per heavy atom. The molecule has 3 rings (SSSR count). The Balaban J connectivity index is 1.66. The van der Waals surface area contributed by atoms with Gasteiger partial charge >= 0.3 is 0 Å². The first-order valence-electron chi connectivity index (χ1n) is 6.39. The average Bonchev–Trinajstić information content (AvgIpc) is 2.83. The Morgan fingerprint density at radius 1 is 1.16 bits per heavy atom. The topological polar surface area (TPSA) is 42.7 Å². The van der Waals surface area contributed by atoms with Gasteiger partial charge in [-0.3, -0.25) is 0 Å². The highest BCUT2D eigenvalue weighted by atomic mass is 15.0. The second-order valence-electron chi connectivity index (χ2n) is 4.54. The standard InChI is InChI=1S/C15H16N4/c1-12-10-15(18-11-17-12)16-7-9-19-8-6-13-4-2-3-5-14(13)19/h2-6,8,10-11H,7,9H2,1H3,(H,16,17,18). The van der Waals surface area contributed by atoms with Gasteiger partial charge in [0.15, 0.2) is 0 Å². The summed E-state index contributed by atoms with van der Waals surface area (Å²) in [5.41, 5.74) is 2.24. The summed E-state index contributed by atoms with van der Waals surface area (Å²) in [7, 11) is 0. The van der Waals surface area contributed by atoms with E-state index in [0.29, 0.717) is 0 Å². The van der Waals surface area contributed by atoms with Gasteiger partial charge in [0.05, 0.1) is 0 Å². The smallest absolute Gasteiger partial charge is 0.129 e. The normalized spacial score (nSPS) is 10.8. The van der Waals surface area contributed by atoms with E-state index in [1.54, 1.807) is 6.33 Å². The van der Waals surface area contributed by atoms with Crippen molar-refractivity contribution in [3.63, 3.8) is 0 Å². The third kappa shape index (κ3) is 2.57. The lowest BCUT2D eigenvalue weighted by molar-refractivity contribution is 0.755. The molecule has 96 valence electrons. The molecule has 4 nitrogen and oxygen atoms in total. The van der Waals surface area contributed by atoms with Gasteiger partial charge in [0, 0.05) is 36.6 Å². The summed E-state index contributed by atoms with van der Waals surface area (Å²) in [4.78, 5) is 8.27. The van der Waals surface area contributed by atoms with Crippen LogP contribution in [0.2, 0.25) is 0 Å². The van der Waals surface area contributed by atoms with Crippen LogP contribution in [0.5, 0.6) is 0 Å². The summed E-state index contributed by atoms with van der Waals surface area (Å²) in [6.45, 7) is 3.72. The number of benzene rings is 1. The molecular weight excluding hydrogens is 236 g/mol. The maximum Gasteiger partial charge on any atom is 0.129 e. The number of nitrogens with zero attached hydrogens (tertiary/aromatic N) is 3. The van der Waals surface area contributed by atoms with Gasteiger partial charge in [-0.2, -0.15) is 0 Å². The predicted octanol–water partition coefficient (Wildman–Crippen LogP) is 2.85. The van der Waals surface area contributed by atoms with E-state index >= 15 is 0 Å². The summed E-state index contributed by atoms with van der Waals surface area (Å²) in [6.07, 6.45) is 3.71. The van der Waals surface area contributed by atoms with Crippen LogP contribution in [0.1, 0.15) is 5.69 Å². The van der Waals surface area contributed by atoms with E-state index in [0.717, 1.165) is 24.6 Å². The van der Waals surface area contributed by atoms with Crippen molar-refractivity contribution in [2.75, 3.05) is 11.9 Å². The number of hydrogen-bond acceptors (Lipinski definition) is 3. The molecule has 2 aromatic heterocycles. The van der Waals surface area contributed by atoms with Crippen LogP contribution in [0.3, 0.4) is 0 Å². The largest absolute Gasteiger partial charge is 0.368 e. The van der Waals surface area contributed by atoms with Crippen LogP contribution >= 0.6 is 0 Å². The summed E-state index contributed by atoms with van der Waals surface area (Å²) >= 11 is 0. The van der Waals surface area contributed by atoms with Gasteiger partial charge < -0.3 is 9.88 Å². The van der Waals surface area contributed by atoms with E-state index < -0.39 is 0 Å². The fraction of sp³-hybridized carbons (Fsp3) is 0.200. The Bertz CT molecular complexity index is 687. The minimum absolute atomic E-state index is 0.842. The van der Waals surface area contributed by atoms with Crippen molar-refractivity contribution >= 4 is 16.7 Å². The fourth-order valence-corrected chi connectivity index (χ4v) is 2.19. The van der Waals surface area contributed by atoms with E-state index in [4.69, 9.17) is 0 Å². The molecule has 0 aliphatic carbocycles. The highest BCUT2D eigenvalue weighted by molar-refractivity contribution is 5.79. The summed E-state index contributed by atoms with van der Waals surface area (Å²) < 4.78 is 2.25. The van der Waals surface area contributed by atoms with Gasteiger partial charge in [-0.1, -0.05) is 18.2 Å². The van der Waals surface area contributed by atoms with Crippen LogP contribution in [0.25, 0.3) is 10.9 Å². The molecule has 1 N–H and O–H groups in total. The Morgan fingerprint density at radius 2 is 2.05 bits per heavy atom. The molecule has 1 aromatic carbocycles. The molecule has 0 radical (unpaired) electrons. The van der Waals surface area contributed by atoms with E-state index in [1.807, 2.05) is 13.0 Å². The molecule has 0 amide bonds. The van der Waals surface area contributed by atoms with Crippen molar-refractivity contribution < 1.29 is 0 Å². The fourth-order valence-electron chi connectivity index (χ4n) is 2.19. The molecule has 0 saturated heterocycles. The first-order valence-corrected chi connectivity index (χ1v) is 6.39. The number of rotatable bonds is 4. The summed E-state index contributed by atoms with van der Waals surface area (Å²) in [6, 6.07) is 12.5. The first-order chi connectivity index (χ1) is 9.33. The minimum atomic E-state index is 0.842. The second kappa shape index (κ2) is 5.10. The van der Waals surface area contributed by atoms with Crippen LogP contribution in [0, 0.1) is 6.92 Å². The van der Waals surface area contributed by atoms with E-state index in [2.05, 4.69) is 56.4 Å². The van der Waals surface area contributed by atoms with Gasteiger partial charge in [-0.05, 0) is 24.4 Å². The lowest BCUT2D eigenvalue weighted by atomic mass is 10.2. The molecule has 0 atom stereocenters. The van der Waals surface area contributed by atoms with Crippen molar-refractivity contribution in [1.82, 2.24) is 14.5 Å². The van der Waals surface area contributed by atoms with Crippen molar-refractivity contribution in [3.05, 3.63) is 54.6 Å². The quantitative estimate of drug-likeness (QED) is 0.776. The summed E-state index contributed by atoms with van der Waals surface area (Å²) in [5, 5.41) is 4.59. The number of nitrogens with one attached hydrogen (secondary N) is 1. The molecule has 0 fully saturated rings. The molecule has 0 unspecified atom stereocenters. The van der Waals surface area contributed by atoms with Gasteiger partial charge in [0.1, 0.15) is 12.1 Å². The SMILES string of the molecule is Cc1cc(NCCn2ccc3ccccc32)ncn1. The highest BCUT2D eigenvalue weighted by Crippen LogP contribution is 2.14. The Labute approximate surface area is 112 Å². The van der Waals surface area contributed by atoms with Crippen molar-refractivity contribution in [2.24, 2.45) is 0 Å². The Kier molecular flexibility index (Phi) is 3.14. The molecule has 0 saturated carbocycles. The average molecular weight is 252 g/mol. The van der Waals surface area contributed by atoms with E-state index in [1.165, 1.54) is 10.9 Å². The molecular formula is C15H16N4. The molecule has 0 aliphatic rings. The van der Waals surface area contributed by atoms with Crippen LogP contribution in [-0.4, -0.2) is 21.1 Å². The monoisotopic (exact) mass is 252 g/mol. The van der Waals surface area contributed by atoms with E-state index in [-0.39, 0.29) is 0 Å². The van der Waals surface area contributed by atoms with Crippen molar-refractivity contribution in [1.29, 1.82) is 0 Å². The zero-order chi connectivity index (χ0) is 13.1. The number of aryl methyl sites for hydroxylation is 1. The van der Waals surface area contributed by atoms with E-state index in [9.17, 15) is 0 Å². The third-order valence-corrected chi connectivity index (χ3v) is 3.14. The third-order valence-electron chi connectivity index (χ3n) is 3.14. The molecule has 4 heteroatoms. The van der Waals surface area contributed by atoms with Gasteiger partial charge in [-0.25, -0.2) is 9.97 Å². The molecule has 19 heavy (non-hydrogen) atoms. The molecule has 2 heterocycles. The zero-order valence-electron chi connectivity index (χ0n) is 10.9. The van der Waals surface area contributed by atoms with Crippen molar-refractivity contribution in [3.8, 4) is 0 Å². The number of fused-ring (bicyclic) bond motifs is 1. The van der Waals surface area contributed by atoms with Crippen LogP contribution < -0.4 is 5.32 Å². The van der Waals surface area contributed by atoms with Crippen LogP contribution in [-0.2, 0) is 6.54 Å². The van der Waals surface area contributed by atoms with Gasteiger partial charge in [0.25, 0.3) is 0 Å². The number of aromatic nitrogens is 3. The number of para-hydroxylation sites is 1. The predicted molar refractivity (Wildman–Crippen MR) is 77.2 cm³/mol. The number of anilines is 1. The highest BCUT2D eigenvalue weighted by Gasteiger charge is 2.00. The molecule has 0 bridgehead atoms. The molecule has 0 aliphatic heterocycles. The Hall–Kier alpha value is -2.36. The van der Waals surface area contributed by atoms with Gasteiger partial charge in [0.2, 0.25) is 0 Å². The molecule has 3 aromatic rings.